The van der Waals surface area contributed by atoms with Gasteiger partial charge in [-0.15, -0.1) is 0 Å². The first kappa shape index (κ1) is 32.2. The van der Waals surface area contributed by atoms with Crippen molar-refractivity contribution < 1.29 is 27.5 Å². The van der Waals surface area contributed by atoms with Crippen molar-refractivity contribution in [3.8, 4) is 11.5 Å². The predicted molar refractivity (Wildman–Crippen MR) is 162 cm³/mol. The fourth-order valence-electron chi connectivity index (χ4n) is 5.27. The van der Waals surface area contributed by atoms with Crippen molar-refractivity contribution in [2.24, 2.45) is 0 Å². The number of carbonyl (C=O) groups is 2. The average Bonchev–Trinajstić information content (AvgIpc) is 2.96. The molecule has 1 atom stereocenters. The second-order valence-corrected chi connectivity index (χ2v) is 12.4. The highest BCUT2D eigenvalue weighted by Crippen LogP contribution is 2.24. The first-order valence-electron chi connectivity index (χ1n) is 14.6. The van der Waals surface area contributed by atoms with Gasteiger partial charge in [-0.2, -0.15) is 0 Å². The molecule has 1 N–H and O–H groups in total. The summed E-state index contributed by atoms with van der Waals surface area (Å²) in [6.07, 6.45) is 7.34. The van der Waals surface area contributed by atoms with E-state index in [1.807, 2.05) is 38.1 Å². The summed E-state index contributed by atoms with van der Waals surface area (Å²) < 4.78 is 37.3. The van der Waals surface area contributed by atoms with Crippen molar-refractivity contribution in [1.82, 2.24) is 10.2 Å². The van der Waals surface area contributed by atoms with Gasteiger partial charge < -0.3 is 19.7 Å². The molecule has 1 aliphatic carbocycles. The molecular weight excluding hydrogens is 542 g/mol. The van der Waals surface area contributed by atoms with Crippen LogP contribution < -0.4 is 19.1 Å². The molecule has 226 valence electrons. The van der Waals surface area contributed by atoms with Gasteiger partial charge in [-0.05, 0) is 74.6 Å². The van der Waals surface area contributed by atoms with E-state index in [-0.39, 0.29) is 37.4 Å². The summed E-state index contributed by atoms with van der Waals surface area (Å²) in [5.41, 5.74) is 1.40. The van der Waals surface area contributed by atoms with Crippen LogP contribution in [0.2, 0.25) is 0 Å². The standard InChI is InChI=1S/C31H45N3O6S/c1-5-29(31(36)32-25-11-8-7-9-12-25)33(23-24-14-18-27(39-3)19-15-24)30(35)13-10-22-34(41(4,37)38)26-16-20-28(21-17-26)40-6-2/h14-21,25,29H,5-13,22-23H2,1-4H3,(H,32,36). The molecule has 2 aromatic rings. The maximum Gasteiger partial charge on any atom is 0.243 e. The number of benzene rings is 2. The highest BCUT2D eigenvalue weighted by atomic mass is 32.2. The van der Waals surface area contributed by atoms with Gasteiger partial charge in [0.15, 0.2) is 0 Å². The third-order valence-electron chi connectivity index (χ3n) is 7.44. The molecule has 0 spiro atoms. The molecule has 0 heterocycles. The Bertz CT molecular complexity index is 1210. The number of methoxy groups -OCH3 is 1. The van der Waals surface area contributed by atoms with E-state index in [9.17, 15) is 18.0 Å². The number of ether oxygens (including phenoxy) is 2. The molecule has 2 amide bonds. The Morgan fingerprint density at radius 3 is 2.17 bits per heavy atom. The van der Waals surface area contributed by atoms with Gasteiger partial charge in [0.1, 0.15) is 17.5 Å². The maximum atomic E-state index is 13.7. The summed E-state index contributed by atoms with van der Waals surface area (Å²) in [5, 5.41) is 3.19. The fraction of sp³-hybridized carbons (Fsp3) is 0.548. The summed E-state index contributed by atoms with van der Waals surface area (Å²) in [5.74, 6) is 1.05. The molecule has 0 aliphatic heterocycles. The van der Waals surface area contributed by atoms with Gasteiger partial charge in [-0.3, -0.25) is 13.9 Å². The molecule has 2 aromatic carbocycles. The van der Waals surface area contributed by atoms with Crippen LogP contribution in [-0.2, 0) is 26.2 Å². The average molecular weight is 588 g/mol. The number of anilines is 1. The highest BCUT2D eigenvalue weighted by Gasteiger charge is 2.30. The molecule has 1 unspecified atom stereocenters. The first-order chi connectivity index (χ1) is 19.7. The number of carbonyl (C=O) groups excluding carboxylic acids is 2. The van der Waals surface area contributed by atoms with E-state index in [0.717, 1.165) is 37.5 Å². The van der Waals surface area contributed by atoms with Crippen molar-refractivity contribution in [1.29, 1.82) is 0 Å². The van der Waals surface area contributed by atoms with E-state index in [1.54, 1.807) is 36.3 Å². The normalized spacial score (nSPS) is 14.6. The van der Waals surface area contributed by atoms with Crippen LogP contribution >= 0.6 is 0 Å². The van der Waals surface area contributed by atoms with E-state index in [4.69, 9.17) is 9.47 Å². The lowest BCUT2D eigenvalue weighted by molar-refractivity contribution is -0.141. The Labute approximate surface area is 245 Å². The minimum Gasteiger partial charge on any atom is -0.497 e. The summed E-state index contributed by atoms with van der Waals surface area (Å²) in [6, 6.07) is 13.8. The summed E-state index contributed by atoms with van der Waals surface area (Å²) >= 11 is 0. The lowest BCUT2D eigenvalue weighted by Crippen LogP contribution is -2.51. The topological polar surface area (TPSA) is 105 Å². The molecular formula is C31H45N3O6S. The smallest absolute Gasteiger partial charge is 0.243 e. The summed E-state index contributed by atoms with van der Waals surface area (Å²) in [6.45, 7) is 4.72. The van der Waals surface area contributed by atoms with Gasteiger partial charge in [-0.1, -0.05) is 38.3 Å². The monoisotopic (exact) mass is 587 g/mol. The molecule has 1 fully saturated rings. The van der Waals surface area contributed by atoms with Crippen LogP contribution in [0.25, 0.3) is 0 Å². The molecule has 0 aromatic heterocycles. The number of nitrogens with zero attached hydrogens (tertiary/aromatic N) is 2. The van der Waals surface area contributed by atoms with Crippen LogP contribution in [0.15, 0.2) is 48.5 Å². The molecule has 0 saturated heterocycles. The Kier molecular flexibility index (Phi) is 12.3. The van der Waals surface area contributed by atoms with Crippen LogP contribution in [0.3, 0.4) is 0 Å². The van der Waals surface area contributed by atoms with Gasteiger partial charge in [0.25, 0.3) is 0 Å². The minimum atomic E-state index is -3.58. The number of sulfonamides is 1. The minimum absolute atomic E-state index is 0.104. The number of amides is 2. The fourth-order valence-corrected chi connectivity index (χ4v) is 6.24. The van der Waals surface area contributed by atoms with Crippen molar-refractivity contribution in [2.45, 2.75) is 83.8 Å². The molecule has 1 aliphatic rings. The second-order valence-electron chi connectivity index (χ2n) is 10.5. The van der Waals surface area contributed by atoms with E-state index in [2.05, 4.69) is 5.32 Å². The van der Waals surface area contributed by atoms with Gasteiger partial charge in [0.05, 0.1) is 25.7 Å². The third-order valence-corrected chi connectivity index (χ3v) is 8.63. The Hall–Kier alpha value is -3.27. The van der Waals surface area contributed by atoms with Crippen molar-refractivity contribution in [3.05, 3.63) is 54.1 Å². The van der Waals surface area contributed by atoms with E-state index < -0.39 is 16.1 Å². The predicted octanol–water partition coefficient (Wildman–Crippen LogP) is 4.90. The van der Waals surface area contributed by atoms with E-state index in [1.165, 1.54) is 10.7 Å². The van der Waals surface area contributed by atoms with Crippen LogP contribution in [-0.4, -0.2) is 63.7 Å². The highest BCUT2D eigenvalue weighted by molar-refractivity contribution is 7.92. The van der Waals surface area contributed by atoms with Crippen molar-refractivity contribution in [2.75, 3.05) is 30.8 Å². The molecule has 3 rings (SSSR count). The maximum absolute atomic E-state index is 13.7. The lowest BCUT2D eigenvalue weighted by Gasteiger charge is -2.33. The van der Waals surface area contributed by atoms with Crippen LogP contribution in [0.4, 0.5) is 5.69 Å². The number of hydrogen-bond donors (Lipinski definition) is 1. The Morgan fingerprint density at radius 2 is 1.61 bits per heavy atom. The van der Waals surface area contributed by atoms with Gasteiger partial charge in [0.2, 0.25) is 21.8 Å². The molecule has 0 radical (unpaired) electrons. The SMILES string of the molecule is CCOc1ccc(N(CCCC(=O)N(Cc2ccc(OC)cc2)C(CC)C(=O)NC2CCCCC2)S(C)(=O)=O)cc1. The zero-order valence-corrected chi connectivity index (χ0v) is 25.6. The van der Waals surface area contributed by atoms with Crippen molar-refractivity contribution in [3.63, 3.8) is 0 Å². The lowest BCUT2D eigenvalue weighted by atomic mass is 9.95. The largest absolute Gasteiger partial charge is 0.497 e. The molecule has 0 bridgehead atoms. The van der Waals surface area contributed by atoms with E-state index >= 15 is 0 Å². The van der Waals surface area contributed by atoms with E-state index in [0.29, 0.717) is 36.6 Å². The van der Waals surface area contributed by atoms with Crippen molar-refractivity contribution >= 4 is 27.5 Å². The Balaban J connectivity index is 1.74. The second kappa shape index (κ2) is 15.7. The summed E-state index contributed by atoms with van der Waals surface area (Å²) in [7, 11) is -1.98. The number of rotatable bonds is 15. The van der Waals surface area contributed by atoms with Gasteiger partial charge in [-0.25, -0.2) is 8.42 Å². The third kappa shape index (κ3) is 9.66. The Morgan fingerprint density at radius 1 is 0.976 bits per heavy atom. The van der Waals surface area contributed by atoms with Crippen LogP contribution in [0, 0.1) is 0 Å². The molecule has 9 nitrogen and oxygen atoms in total. The first-order valence-corrected chi connectivity index (χ1v) is 16.4. The number of hydrogen-bond acceptors (Lipinski definition) is 6. The van der Waals surface area contributed by atoms with Gasteiger partial charge >= 0.3 is 0 Å². The van der Waals surface area contributed by atoms with Crippen LogP contribution in [0.5, 0.6) is 11.5 Å². The molecule has 41 heavy (non-hydrogen) atoms. The van der Waals surface area contributed by atoms with Crippen LogP contribution in [0.1, 0.15) is 70.8 Å². The van der Waals surface area contributed by atoms with Gasteiger partial charge in [0, 0.05) is 25.6 Å². The zero-order chi connectivity index (χ0) is 29.8. The zero-order valence-electron chi connectivity index (χ0n) is 24.8. The molecule has 10 heteroatoms. The summed E-state index contributed by atoms with van der Waals surface area (Å²) in [4.78, 5) is 28.8. The number of nitrogens with one attached hydrogen (secondary N) is 1. The molecule has 1 saturated carbocycles. The quantitative estimate of drug-likeness (QED) is 0.318.